The fourth-order valence-electron chi connectivity index (χ4n) is 1.36. The van der Waals surface area contributed by atoms with Gasteiger partial charge in [0.1, 0.15) is 11.6 Å². The normalized spacial score (nSPS) is 10.3. The topological polar surface area (TPSA) is 49.0 Å². The Bertz CT molecular complexity index is 415. The molecule has 15 heavy (non-hydrogen) atoms. The van der Waals surface area contributed by atoms with Crippen molar-refractivity contribution in [3.8, 4) is 6.07 Å². The number of aryl methyl sites for hydroxylation is 1. The summed E-state index contributed by atoms with van der Waals surface area (Å²) in [5.41, 5.74) is 0.0149. The fraction of sp³-hybridized carbons (Fsp3) is 0.455. The summed E-state index contributed by atoms with van der Waals surface area (Å²) in [6, 6.07) is 5.17. The number of rotatable bonds is 4. The third-order valence-corrected chi connectivity index (χ3v) is 2.14. The summed E-state index contributed by atoms with van der Waals surface area (Å²) in [5, 5.41) is 8.68. The Kier molecular flexibility index (Phi) is 4.07. The first-order chi connectivity index (χ1) is 7.15. The largest absolute Gasteiger partial charge is 0.314 e. The Morgan fingerprint density at radius 1 is 1.53 bits per heavy atom. The smallest absolute Gasteiger partial charge is 0.268 e. The zero-order valence-corrected chi connectivity index (χ0v) is 9.10. The van der Waals surface area contributed by atoms with Gasteiger partial charge in [0.2, 0.25) is 0 Å². The minimum atomic E-state index is -0.196. The van der Waals surface area contributed by atoms with Crippen LogP contribution in [0.25, 0.3) is 0 Å². The molecule has 0 aliphatic heterocycles. The molecule has 80 valence electrons. The highest BCUT2D eigenvalue weighted by Gasteiger charge is 2.01. The lowest BCUT2D eigenvalue weighted by molar-refractivity contribution is 0.385. The monoisotopic (exact) mass is 205 g/mol. The van der Waals surface area contributed by atoms with Crippen LogP contribution in [0.2, 0.25) is 0 Å². The van der Waals surface area contributed by atoms with Gasteiger partial charge in [-0.25, -0.2) is 0 Å². The highest BCUT2D eigenvalue weighted by molar-refractivity contribution is 5.24. The lowest BCUT2D eigenvalue weighted by Crippen LogP contribution is -2.23. The van der Waals surface area contributed by atoms with Crippen LogP contribution in [0.1, 0.15) is 12.0 Å². The maximum Gasteiger partial charge on any atom is 0.268 e. The van der Waals surface area contributed by atoms with Crippen LogP contribution in [0, 0.1) is 11.3 Å². The highest BCUT2D eigenvalue weighted by Crippen LogP contribution is 1.92. The highest BCUT2D eigenvalue weighted by atomic mass is 16.1. The van der Waals surface area contributed by atoms with Crippen LogP contribution < -0.4 is 5.56 Å². The average molecular weight is 205 g/mol. The van der Waals surface area contributed by atoms with Gasteiger partial charge >= 0.3 is 0 Å². The quantitative estimate of drug-likeness (QED) is 0.726. The predicted octanol–water partition coefficient (Wildman–Crippen LogP) is 0.672. The van der Waals surface area contributed by atoms with Crippen molar-refractivity contribution < 1.29 is 0 Å². The third kappa shape index (κ3) is 3.22. The zero-order chi connectivity index (χ0) is 11.3. The van der Waals surface area contributed by atoms with Crippen LogP contribution in [0.15, 0.2) is 23.1 Å². The molecular formula is C11H15N3O. The van der Waals surface area contributed by atoms with Gasteiger partial charge in [-0.05, 0) is 39.2 Å². The number of hydrogen-bond donors (Lipinski definition) is 0. The molecule has 0 atom stereocenters. The van der Waals surface area contributed by atoms with E-state index in [0.717, 1.165) is 13.0 Å². The molecule has 0 aromatic carbocycles. The second-order valence-corrected chi connectivity index (χ2v) is 3.69. The van der Waals surface area contributed by atoms with Crippen LogP contribution in [-0.4, -0.2) is 30.1 Å². The maximum atomic E-state index is 11.6. The molecule has 1 heterocycles. The van der Waals surface area contributed by atoms with Crippen molar-refractivity contribution in [3.05, 3.63) is 34.2 Å². The van der Waals surface area contributed by atoms with E-state index in [1.165, 1.54) is 0 Å². The van der Waals surface area contributed by atoms with Gasteiger partial charge in [-0.2, -0.15) is 5.26 Å². The van der Waals surface area contributed by atoms with Crippen molar-refractivity contribution in [3.63, 3.8) is 0 Å². The van der Waals surface area contributed by atoms with Gasteiger partial charge < -0.3 is 9.47 Å². The number of nitriles is 1. The van der Waals surface area contributed by atoms with Gasteiger partial charge in [-0.1, -0.05) is 0 Å². The van der Waals surface area contributed by atoms with Crippen molar-refractivity contribution in [2.75, 3.05) is 20.6 Å². The molecular weight excluding hydrogens is 190 g/mol. The van der Waals surface area contributed by atoms with Gasteiger partial charge in [0.05, 0.1) is 0 Å². The summed E-state index contributed by atoms with van der Waals surface area (Å²) in [6.07, 6.45) is 2.63. The van der Waals surface area contributed by atoms with Crippen LogP contribution >= 0.6 is 0 Å². The predicted molar refractivity (Wildman–Crippen MR) is 58.6 cm³/mol. The lowest BCUT2D eigenvalue weighted by Gasteiger charge is -2.10. The zero-order valence-electron chi connectivity index (χ0n) is 9.10. The molecule has 0 saturated carbocycles. The molecule has 1 aromatic heterocycles. The SMILES string of the molecule is CN(C)CCCn1cccc(C#N)c1=O. The van der Waals surface area contributed by atoms with E-state index < -0.39 is 0 Å². The molecule has 0 saturated heterocycles. The molecule has 0 bridgehead atoms. The van der Waals surface area contributed by atoms with Crippen LogP contribution in [0.5, 0.6) is 0 Å². The van der Waals surface area contributed by atoms with Crippen molar-refractivity contribution in [2.24, 2.45) is 0 Å². The number of aromatic nitrogens is 1. The molecule has 0 amide bonds. The first-order valence-electron chi connectivity index (χ1n) is 4.89. The molecule has 0 aliphatic rings. The van der Waals surface area contributed by atoms with Gasteiger partial charge in [-0.15, -0.1) is 0 Å². The molecule has 4 nitrogen and oxygen atoms in total. The van der Waals surface area contributed by atoms with Crippen molar-refractivity contribution in [1.29, 1.82) is 5.26 Å². The molecule has 0 N–H and O–H groups in total. The number of nitrogens with zero attached hydrogens (tertiary/aromatic N) is 3. The van der Waals surface area contributed by atoms with Crippen molar-refractivity contribution >= 4 is 0 Å². The molecule has 0 spiro atoms. The van der Waals surface area contributed by atoms with Crippen molar-refractivity contribution in [2.45, 2.75) is 13.0 Å². The van der Waals surface area contributed by atoms with E-state index in [-0.39, 0.29) is 11.1 Å². The Hall–Kier alpha value is -1.60. The summed E-state index contributed by atoms with van der Waals surface area (Å²) >= 11 is 0. The summed E-state index contributed by atoms with van der Waals surface area (Å²) in [5.74, 6) is 0. The van der Waals surface area contributed by atoms with E-state index in [4.69, 9.17) is 5.26 Å². The number of hydrogen-bond acceptors (Lipinski definition) is 3. The van der Waals surface area contributed by atoms with E-state index in [1.54, 1.807) is 22.9 Å². The second-order valence-electron chi connectivity index (χ2n) is 3.69. The van der Waals surface area contributed by atoms with E-state index in [9.17, 15) is 4.79 Å². The summed E-state index contributed by atoms with van der Waals surface area (Å²) in [6.45, 7) is 1.59. The molecule has 0 unspecified atom stereocenters. The fourth-order valence-corrected chi connectivity index (χ4v) is 1.36. The standard InChI is InChI=1S/C11H15N3O/c1-13(2)6-4-8-14-7-3-5-10(9-12)11(14)15/h3,5,7H,4,6,8H2,1-2H3. The lowest BCUT2D eigenvalue weighted by atomic mass is 10.3. The molecule has 4 heteroatoms. The van der Waals surface area contributed by atoms with Crippen LogP contribution in [0.3, 0.4) is 0 Å². The van der Waals surface area contributed by atoms with Gasteiger partial charge in [-0.3, -0.25) is 4.79 Å². The Balaban J connectivity index is 2.71. The van der Waals surface area contributed by atoms with Crippen LogP contribution in [0.4, 0.5) is 0 Å². The molecule has 1 rings (SSSR count). The van der Waals surface area contributed by atoms with Gasteiger partial charge in [0.15, 0.2) is 0 Å². The number of pyridine rings is 1. The minimum absolute atomic E-state index is 0.196. The van der Waals surface area contributed by atoms with Gasteiger partial charge in [0.25, 0.3) is 5.56 Å². The molecule has 0 fully saturated rings. The summed E-state index contributed by atoms with van der Waals surface area (Å²) < 4.78 is 1.59. The maximum absolute atomic E-state index is 11.6. The minimum Gasteiger partial charge on any atom is -0.314 e. The van der Waals surface area contributed by atoms with E-state index in [0.29, 0.717) is 6.54 Å². The van der Waals surface area contributed by atoms with Crippen molar-refractivity contribution in [1.82, 2.24) is 9.47 Å². The Morgan fingerprint density at radius 2 is 2.27 bits per heavy atom. The Morgan fingerprint density at radius 3 is 2.87 bits per heavy atom. The van der Waals surface area contributed by atoms with Gasteiger partial charge in [0, 0.05) is 12.7 Å². The summed E-state index contributed by atoms with van der Waals surface area (Å²) in [4.78, 5) is 13.7. The molecule has 1 aromatic rings. The summed E-state index contributed by atoms with van der Waals surface area (Å²) in [7, 11) is 3.99. The van der Waals surface area contributed by atoms with E-state index in [1.807, 2.05) is 20.2 Å². The third-order valence-electron chi connectivity index (χ3n) is 2.14. The average Bonchev–Trinajstić information content (AvgIpc) is 2.20. The second kappa shape index (κ2) is 5.32. The first-order valence-corrected chi connectivity index (χ1v) is 4.89. The Labute approximate surface area is 89.4 Å². The van der Waals surface area contributed by atoms with Crippen LogP contribution in [-0.2, 0) is 6.54 Å². The first kappa shape index (κ1) is 11.5. The van der Waals surface area contributed by atoms with E-state index >= 15 is 0 Å². The molecule has 0 aliphatic carbocycles. The van der Waals surface area contributed by atoms with E-state index in [2.05, 4.69) is 4.90 Å². The molecule has 0 radical (unpaired) electrons.